The van der Waals surface area contributed by atoms with Crippen molar-refractivity contribution in [3.05, 3.63) is 54.0 Å². The molecule has 1 unspecified atom stereocenters. The van der Waals surface area contributed by atoms with E-state index in [1.165, 1.54) is 0 Å². The first kappa shape index (κ1) is 24.8. The lowest BCUT2D eigenvalue weighted by Crippen LogP contribution is -2.40. The summed E-state index contributed by atoms with van der Waals surface area (Å²) in [5.41, 5.74) is 3.19. The second-order valence-corrected chi connectivity index (χ2v) is 8.70. The lowest BCUT2D eigenvalue weighted by Gasteiger charge is -2.31. The van der Waals surface area contributed by atoms with E-state index in [4.69, 9.17) is 10.4 Å². The molecule has 11 heteroatoms. The minimum atomic E-state index is -0.617. The predicted molar refractivity (Wildman–Crippen MR) is 132 cm³/mol. The number of carbonyl (C=O) groups is 2. The van der Waals surface area contributed by atoms with Crippen LogP contribution in [0.4, 0.5) is 11.6 Å². The van der Waals surface area contributed by atoms with Crippen LogP contribution in [0.1, 0.15) is 41.7 Å². The molecule has 186 valence electrons. The molecule has 0 aliphatic carbocycles. The Kier molecular flexibility index (Phi) is 7.56. The van der Waals surface area contributed by atoms with Gasteiger partial charge >= 0.3 is 0 Å². The van der Waals surface area contributed by atoms with Crippen LogP contribution in [0.25, 0.3) is 11.3 Å². The largest absolute Gasteiger partial charge is 0.387 e. The average molecular weight is 489 g/mol. The van der Waals surface area contributed by atoms with Gasteiger partial charge in [-0.1, -0.05) is 18.2 Å². The smallest absolute Gasteiger partial charge is 0.252 e. The van der Waals surface area contributed by atoms with E-state index in [9.17, 15) is 9.59 Å². The summed E-state index contributed by atoms with van der Waals surface area (Å²) in [6, 6.07) is 8.66. The zero-order valence-corrected chi connectivity index (χ0v) is 20.2. The topological polar surface area (TPSA) is 149 Å². The first-order valence-corrected chi connectivity index (χ1v) is 11.7. The molecule has 0 spiro atoms. The van der Waals surface area contributed by atoms with Crippen molar-refractivity contribution >= 4 is 23.5 Å². The van der Waals surface area contributed by atoms with Crippen LogP contribution in [0.2, 0.25) is 0 Å². The highest BCUT2D eigenvalue weighted by molar-refractivity contribution is 6.01. The molecule has 36 heavy (non-hydrogen) atoms. The normalized spacial score (nSPS) is 14.7. The third-order valence-corrected chi connectivity index (χ3v) is 6.12. The molecule has 1 atom stereocenters. The van der Waals surface area contributed by atoms with Crippen LogP contribution in [0.3, 0.4) is 0 Å². The van der Waals surface area contributed by atoms with Gasteiger partial charge in [0, 0.05) is 36.6 Å². The predicted octanol–water partition coefficient (Wildman–Crippen LogP) is 2.19. The number of aryl methyl sites for hydroxylation is 1. The summed E-state index contributed by atoms with van der Waals surface area (Å²) in [6.45, 7) is 4.19. The van der Waals surface area contributed by atoms with E-state index in [1.54, 1.807) is 36.4 Å². The molecule has 2 aromatic heterocycles. The van der Waals surface area contributed by atoms with Crippen molar-refractivity contribution in [3.8, 4) is 17.3 Å². The van der Waals surface area contributed by atoms with Crippen LogP contribution in [0, 0.1) is 18.3 Å². The van der Waals surface area contributed by atoms with Crippen molar-refractivity contribution in [3.63, 3.8) is 0 Å². The monoisotopic (exact) mass is 488 g/mol. The number of amides is 2. The van der Waals surface area contributed by atoms with Crippen LogP contribution >= 0.6 is 0 Å². The van der Waals surface area contributed by atoms with E-state index in [-0.39, 0.29) is 17.9 Å². The van der Waals surface area contributed by atoms with Crippen molar-refractivity contribution in [2.75, 3.05) is 25.0 Å². The Morgan fingerprint density at radius 1 is 1.25 bits per heavy atom. The van der Waals surface area contributed by atoms with Gasteiger partial charge in [-0.25, -0.2) is 9.97 Å². The van der Waals surface area contributed by atoms with Gasteiger partial charge in [0.2, 0.25) is 11.9 Å². The molecular formula is C25H28N8O3. The Hall–Kier alpha value is -4.30. The number of aliphatic hydroxyl groups is 1. The van der Waals surface area contributed by atoms with Gasteiger partial charge in [0.25, 0.3) is 5.91 Å². The minimum Gasteiger partial charge on any atom is -0.387 e. The van der Waals surface area contributed by atoms with Crippen LogP contribution < -0.4 is 10.6 Å². The molecule has 1 saturated heterocycles. The van der Waals surface area contributed by atoms with Gasteiger partial charge in [-0.05, 0) is 38.3 Å². The van der Waals surface area contributed by atoms with Gasteiger partial charge in [-0.2, -0.15) is 10.4 Å². The number of hydrogen-bond acceptors (Lipinski definition) is 8. The van der Waals surface area contributed by atoms with Crippen LogP contribution in [0.15, 0.2) is 42.9 Å². The maximum absolute atomic E-state index is 12.8. The van der Waals surface area contributed by atoms with Crippen molar-refractivity contribution < 1.29 is 14.7 Å². The maximum atomic E-state index is 12.8. The van der Waals surface area contributed by atoms with Gasteiger partial charge in [0.05, 0.1) is 29.7 Å². The number of piperidine rings is 1. The molecule has 3 heterocycles. The highest BCUT2D eigenvalue weighted by Gasteiger charge is 2.24. The second kappa shape index (κ2) is 11.0. The molecule has 3 N–H and O–H groups in total. The number of nitriles is 1. The number of aromatic nitrogens is 4. The molecule has 0 bridgehead atoms. The molecule has 1 aliphatic rings. The molecule has 2 amide bonds. The minimum absolute atomic E-state index is 0.152. The Bertz CT molecular complexity index is 1290. The van der Waals surface area contributed by atoms with Gasteiger partial charge < -0.3 is 20.6 Å². The number of likely N-dealkylation sites (tertiary alicyclic amines) is 1. The average Bonchev–Trinajstić information content (AvgIpc) is 3.37. The van der Waals surface area contributed by atoms with E-state index in [1.807, 2.05) is 36.0 Å². The van der Waals surface area contributed by atoms with Gasteiger partial charge in [-0.3, -0.25) is 14.3 Å². The third-order valence-electron chi connectivity index (χ3n) is 6.12. The first-order valence-electron chi connectivity index (χ1n) is 11.7. The number of anilines is 2. The summed E-state index contributed by atoms with van der Waals surface area (Å²) in [5, 5.41) is 28.4. The SMILES string of the molecule is Cc1cnc(Nc2cnn(C3CCN(C(=O)CO)CC3)c2)nc1-c1ccccc1C(=O)NC(C)C#N. The summed E-state index contributed by atoms with van der Waals surface area (Å²) in [5.74, 6) is -0.235. The van der Waals surface area contributed by atoms with Gasteiger partial charge in [-0.15, -0.1) is 0 Å². The number of benzene rings is 1. The molecule has 0 saturated carbocycles. The standard InChI is InChI=1S/C25H28N8O3/c1-16-12-27-25(31-23(16)20-5-3-4-6-21(20)24(36)29-17(2)11-26)30-18-13-28-33(14-18)19-7-9-32(10-8-19)22(35)15-34/h3-6,12-14,17,19,34H,7-10,15H2,1-2H3,(H,29,36)(H,27,30,31). The fourth-order valence-corrected chi connectivity index (χ4v) is 4.18. The Morgan fingerprint density at radius 2 is 2.00 bits per heavy atom. The van der Waals surface area contributed by atoms with Crippen molar-refractivity contribution in [1.82, 2.24) is 30.0 Å². The van der Waals surface area contributed by atoms with E-state index >= 15 is 0 Å². The van der Waals surface area contributed by atoms with E-state index in [0.29, 0.717) is 41.5 Å². The zero-order chi connectivity index (χ0) is 25.7. The van der Waals surface area contributed by atoms with E-state index < -0.39 is 12.6 Å². The highest BCUT2D eigenvalue weighted by Crippen LogP contribution is 2.27. The molecule has 4 rings (SSSR count). The maximum Gasteiger partial charge on any atom is 0.252 e. The molecule has 11 nitrogen and oxygen atoms in total. The lowest BCUT2D eigenvalue weighted by atomic mass is 10.0. The number of hydrogen-bond donors (Lipinski definition) is 3. The second-order valence-electron chi connectivity index (χ2n) is 8.70. The van der Waals surface area contributed by atoms with Crippen molar-refractivity contribution in [1.29, 1.82) is 5.26 Å². The summed E-state index contributed by atoms with van der Waals surface area (Å²) in [7, 11) is 0. The Labute approximate surface area is 208 Å². The quantitative estimate of drug-likeness (QED) is 0.458. The Balaban J connectivity index is 1.51. The Morgan fingerprint density at radius 3 is 2.72 bits per heavy atom. The third kappa shape index (κ3) is 5.50. The fourth-order valence-electron chi connectivity index (χ4n) is 4.18. The summed E-state index contributed by atoms with van der Waals surface area (Å²) in [4.78, 5) is 35.2. The molecule has 1 aliphatic heterocycles. The van der Waals surface area contributed by atoms with Gasteiger partial charge in [0.15, 0.2) is 0 Å². The molecular weight excluding hydrogens is 460 g/mol. The van der Waals surface area contributed by atoms with E-state index in [2.05, 4.69) is 25.7 Å². The van der Waals surface area contributed by atoms with Crippen LogP contribution in [-0.2, 0) is 4.79 Å². The number of aliphatic hydroxyl groups excluding tert-OH is 1. The number of nitrogens with one attached hydrogen (secondary N) is 2. The number of nitrogens with zero attached hydrogens (tertiary/aromatic N) is 6. The molecule has 1 fully saturated rings. The van der Waals surface area contributed by atoms with Crippen molar-refractivity contribution in [2.45, 2.75) is 38.8 Å². The molecule has 0 radical (unpaired) electrons. The lowest BCUT2D eigenvalue weighted by molar-refractivity contribution is -0.135. The van der Waals surface area contributed by atoms with Crippen molar-refractivity contribution in [2.24, 2.45) is 0 Å². The van der Waals surface area contributed by atoms with Crippen LogP contribution in [0.5, 0.6) is 0 Å². The highest BCUT2D eigenvalue weighted by atomic mass is 16.3. The molecule has 1 aromatic carbocycles. The van der Waals surface area contributed by atoms with E-state index in [0.717, 1.165) is 18.4 Å². The van der Waals surface area contributed by atoms with Crippen LogP contribution in [-0.4, -0.2) is 67.3 Å². The number of rotatable bonds is 7. The molecule has 3 aromatic rings. The summed E-state index contributed by atoms with van der Waals surface area (Å²) >= 11 is 0. The summed E-state index contributed by atoms with van der Waals surface area (Å²) in [6.07, 6.45) is 6.76. The fraction of sp³-hybridized carbons (Fsp3) is 0.360. The first-order chi connectivity index (χ1) is 17.4. The summed E-state index contributed by atoms with van der Waals surface area (Å²) < 4.78 is 1.87. The zero-order valence-electron chi connectivity index (χ0n) is 20.2. The van der Waals surface area contributed by atoms with Gasteiger partial charge in [0.1, 0.15) is 12.6 Å². The number of carbonyl (C=O) groups excluding carboxylic acids is 2.